The molecule has 27 heavy (non-hydrogen) atoms. The van der Waals surface area contributed by atoms with E-state index in [-0.39, 0.29) is 12.4 Å². The highest BCUT2D eigenvalue weighted by Gasteiger charge is 2.15. The fourth-order valence-electron chi connectivity index (χ4n) is 2.94. The van der Waals surface area contributed by atoms with Crippen molar-refractivity contribution in [3.8, 4) is 5.75 Å². The van der Waals surface area contributed by atoms with Crippen LogP contribution in [0.1, 0.15) is 11.1 Å². The number of allylic oxidation sites excluding steroid dienone is 1. The van der Waals surface area contributed by atoms with Crippen LogP contribution in [0.15, 0.2) is 59.7 Å². The summed E-state index contributed by atoms with van der Waals surface area (Å²) in [5.41, 5.74) is 2.35. The molecule has 1 heterocycles. The Labute approximate surface area is 172 Å². The van der Waals surface area contributed by atoms with Crippen LogP contribution < -0.4 is 4.74 Å². The molecule has 0 N–H and O–H groups in total. The molecule has 0 unspecified atom stereocenters. The second-order valence-electron chi connectivity index (χ2n) is 6.22. The topological polar surface area (TPSA) is 28.1 Å². The summed E-state index contributed by atoms with van der Waals surface area (Å²) in [7, 11) is 1.68. The number of piperazine rings is 1. The summed E-state index contributed by atoms with van der Waals surface area (Å²) in [6.07, 6.45) is 5.82. The van der Waals surface area contributed by atoms with Gasteiger partial charge >= 0.3 is 0 Å². The summed E-state index contributed by atoms with van der Waals surface area (Å²) in [4.78, 5) is 2.44. The van der Waals surface area contributed by atoms with Crippen LogP contribution in [0.4, 0.5) is 0 Å². The lowest BCUT2D eigenvalue weighted by Crippen LogP contribution is -2.43. The maximum atomic E-state index is 5.94. The Morgan fingerprint density at radius 3 is 2.44 bits per heavy atom. The van der Waals surface area contributed by atoms with Crippen LogP contribution in [0.25, 0.3) is 6.08 Å². The van der Waals surface area contributed by atoms with E-state index in [0.29, 0.717) is 0 Å². The van der Waals surface area contributed by atoms with Crippen molar-refractivity contribution in [2.45, 2.75) is 6.54 Å². The molecule has 2 aromatic rings. The molecular formula is C21H25Cl2N3O. The molecule has 3 rings (SSSR count). The van der Waals surface area contributed by atoms with E-state index in [1.807, 2.05) is 54.8 Å². The standard InChI is InChI=1S/C21H24ClN3O.ClH/c1-26-21-7-3-2-5-19(21)6-4-12-23-25-15-13-24(14-16-25)17-18-8-10-20(22)11-9-18;/h2-12H,13-17H2,1H3;1H. The van der Waals surface area contributed by atoms with E-state index in [1.54, 1.807) is 7.11 Å². The molecule has 1 aliphatic rings. The maximum absolute atomic E-state index is 5.94. The normalized spacial score (nSPS) is 15.3. The zero-order valence-corrected chi connectivity index (χ0v) is 17.0. The Bertz CT molecular complexity index is 754. The Kier molecular flexibility index (Phi) is 8.65. The number of halogens is 2. The average Bonchev–Trinajstić information content (AvgIpc) is 2.68. The molecule has 0 saturated carbocycles. The third-order valence-electron chi connectivity index (χ3n) is 4.40. The van der Waals surface area contributed by atoms with Crippen molar-refractivity contribution >= 4 is 36.3 Å². The second-order valence-corrected chi connectivity index (χ2v) is 6.66. The lowest BCUT2D eigenvalue weighted by molar-refractivity contribution is 0.131. The quantitative estimate of drug-likeness (QED) is 0.657. The first-order valence-electron chi connectivity index (χ1n) is 8.80. The summed E-state index contributed by atoms with van der Waals surface area (Å²) in [6, 6.07) is 16.0. The molecular weight excluding hydrogens is 381 g/mol. The van der Waals surface area contributed by atoms with Crippen LogP contribution >= 0.6 is 24.0 Å². The van der Waals surface area contributed by atoms with E-state index in [2.05, 4.69) is 27.1 Å². The molecule has 1 aliphatic heterocycles. The van der Waals surface area contributed by atoms with E-state index < -0.39 is 0 Å². The van der Waals surface area contributed by atoms with Gasteiger partial charge in [-0.3, -0.25) is 9.91 Å². The van der Waals surface area contributed by atoms with Gasteiger partial charge in [-0.1, -0.05) is 41.9 Å². The molecule has 6 heteroatoms. The Morgan fingerprint density at radius 1 is 1.04 bits per heavy atom. The van der Waals surface area contributed by atoms with Crippen LogP contribution in [0.2, 0.25) is 5.02 Å². The Hall–Kier alpha value is -2.01. The number of rotatable bonds is 6. The number of ether oxygens (including phenoxy) is 1. The van der Waals surface area contributed by atoms with Crippen LogP contribution in [0, 0.1) is 0 Å². The van der Waals surface area contributed by atoms with Crippen molar-refractivity contribution in [2.24, 2.45) is 5.10 Å². The molecule has 144 valence electrons. The van der Waals surface area contributed by atoms with Crippen molar-refractivity contribution in [1.29, 1.82) is 0 Å². The number of hydrogen-bond donors (Lipinski definition) is 0. The van der Waals surface area contributed by atoms with Gasteiger partial charge in [-0.15, -0.1) is 12.4 Å². The zero-order chi connectivity index (χ0) is 18.2. The van der Waals surface area contributed by atoms with Crippen LogP contribution in [0.5, 0.6) is 5.75 Å². The van der Waals surface area contributed by atoms with E-state index >= 15 is 0 Å². The molecule has 4 nitrogen and oxygen atoms in total. The number of hydrogen-bond acceptors (Lipinski definition) is 4. The van der Waals surface area contributed by atoms with Gasteiger partial charge in [-0.05, 0) is 35.9 Å². The predicted octanol–water partition coefficient (Wildman–Crippen LogP) is 4.59. The number of para-hydroxylation sites is 1. The summed E-state index contributed by atoms with van der Waals surface area (Å²) in [6.45, 7) is 4.86. The van der Waals surface area contributed by atoms with Crippen molar-refractivity contribution in [2.75, 3.05) is 33.3 Å². The summed E-state index contributed by atoms with van der Waals surface area (Å²) < 4.78 is 5.34. The first kappa shape index (κ1) is 21.3. The van der Waals surface area contributed by atoms with E-state index in [0.717, 1.165) is 49.1 Å². The number of methoxy groups -OCH3 is 1. The van der Waals surface area contributed by atoms with Crippen LogP contribution in [-0.4, -0.2) is 49.4 Å². The molecule has 0 aromatic heterocycles. The van der Waals surface area contributed by atoms with Crippen LogP contribution in [-0.2, 0) is 6.54 Å². The second kappa shape index (κ2) is 11.0. The van der Waals surface area contributed by atoms with Gasteiger partial charge in [0.25, 0.3) is 0 Å². The molecule has 0 aliphatic carbocycles. The molecule has 0 bridgehead atoms. The maximum Gasteiger partial charge on any atom is 0.126 e. The lowest BCUT2D eigenvalue weighted by Gasteiger charge is -2.32. The van der Waals surface area contributed by atoms with E-state index in [1.165, 1.54) is 5.56 Å². The zero-order valence-electron chi connectivity index (χ0n) is 15.4. The molecule has 1 fully saturated rings. The summed E-state index contributed by atoms with van der Waals surface area (Å²) in [5, 5.41) is 7.45. The fraction of sp³-hybridized carbons (Fsp3) is 0.286. The average molecular weight is 406 g/mol. The van der Waals surface area contributed by atoms with Crippen molar-refractivity contribution in [3.63, 3.8) is 0 Å². The highest BCUT2D eigenvalue weighted by atomic mass is 35.5. The Balaban J connectivity index is 0.00000261. The van der Waals surface area contributed by atoms with Gasteiger partial charge in [0.05, 0.1) is 7.11 Å². The van der Waals surface area contributed by atoms with Gasteiger partial charge in [0.1, 0.15) is 5.75 Å². The molecule has 0 amide bonds. The molecule has 0 radical (unpaired) electrons. The first-order chi connectivity index (χ1) is 12.7. The van der Waals surface area contributed by atoms with Crippen LogP contribution in [0.3, 0.4) is 0 Å². The highest BCUT2D eigenvalue weighted by molar-refractivity contribution is 6.30. The third kappa shape index (κ3) is 6.58. The lowest BCUT2D eigenvalue weighted by atomic mass is 10.2. The van der Waals surface area contributed by atoms with Gasteiger partial charge in [0, 0.05) is 49.5 Å². The fourth-order valence-corrected chi connectivity index (χ4v) is 3.07. The van der Waals surface area contributed by atoms with Gasteiger partial charge < -0.3 is 4.74 Å². The van der Waals surface area contributed by atoms with Crippen molar-refractivity contribution in [3.05, 3.63) is 70.8 Å². The number of nitrogens with zero attached hydrogens (tertiary/aromatic N) is 3. The minimum Gasteiger partial charge on any atom is -0.496 e. The highest BCUT2D eigenvalue weighted by Crippen LogP contribution is 2.18. The summed E-state index contributed by atoms with van der Waals surface area (Å²) in [5.74, 6) is 0.868. The van der Waals surface area contributed by atoms with Gasteiger partial charge in [-0.25, -0.2) is 0 Å². The number of hydrazone groups is 1. The van der Waals surface area contributed by atoms with Crippen molar-refractivity contribution < 1.29 is 4.74 Å². The van der Waals surface area contributed by atoms with E-state index in [4.69, 9.17) is 16.3 Å². The monoisotopic (exact) mass is 405 g/mol. The van der Waals surface area contributed by atoms with Crippen molar-refractivity contribution in [1.82, 2.24) is 9.91 Å². The first-order valence-corrected chi connectivity index (χ1v) is 9.18. The minimum absolute atomic E-state index is 0. The minimum atomic E-state index is 0. The largest absolute Gasteiger partial charge is 0.496 e. The van der Waals surface area contributed by atoms with Gasteiger partial charge in [0.15, 0.2) is 0 Å². The molecule has 0 atom stereocenters. The molecule has 0 spiro atoms. The number of benzene rings is 2. The third-order valence-corrected chi connectivity index (χ3v) is 4.65. The Morgan fingerprint density at radius 2 is 1.74 bits per heavy atom. The van der Waals surface area contributed by atoms with Gasteiger partial charge in [-0.2, -0.15) is 5.10 Å². The molecule has 2 aromatic carbocycles. The predicted molar refractivity (Wildman–Crippen MR) is 116 cm³/mol. The van der Waals surface area contributed by atoms with E-state index in [9.17, 15) is 0 Å². The SMILES string of the molecule is COc1ccccc1C=CC=NN1CCN(Cc2ccc(Cl)cc2)CC1.Cl. The summed E-state index contributed by atoms with van der Waals surface area (Å²) >= 11 is 5.94. The smallest absolute Gasteiger partial charge is 0.126 e. The molecule has 1 saturated heterocycles. The van der Waals surface area contributed by atoms with Gasteiger partial charge in [0.2, 0.25) is 0 Å².